The van der Waals surface area contributed by atoms with Gasteiger partial charge in [-0.2, -0.15) is 5.10 Å². The Morgan fingerprint density at radius 3 is 2.50 bits per heavy atom. The number of nitrogens with zero attached hydrogens (tertiary/aromatic N) is 4. The molecule has 1 fully saturated rings. The van der Waals surface area contributed by atoms with E-state index in [9.17, 15) is 14.4 Å². The first-order valence-electron chi connectivity index (χ1n) is 7.15. The fourth-order valence-corrected chi connectivity index (χ4v) is 2.66. The van der Waals surface area contributed by atoms with E-state index in [1.54, 1.807) is 4.68 Å². The first-order valence-corrected chi connectivity index (χ1v) is 7.15. The molecule has 0 aliphatic carbocycles. The quantitative estimate of drug-likeness (QED) is 0.777. The van der Waals surface area contributed by atoms with Crippen molar-refractivity contribution in [2.24, 2.45) is 5.73 Å². The van der Waals surface area contributed by atoms with Crippen molar-refractivity contribution in [2.75, 3.05) is 19.6 Å². The molecule has 1 aromatic rings. The molecule has 0 radical (unpaired) electrons. The van der Waals surface area contributed by atoms with Crippen LogP contribution in [0.25, 0.3) is 0 Å². The van der Waals surface area contributed by atoms with Crippen LogP contribution in [0.15, 0.2) is 6.07 Å². The van der Waals surface area contributed by atoms with E-state index in [0.29, 0.717) is 13.1 Å². The van der Waals surface area contributed by atoms with Crippen LogP contribution in [-0.4, -0.2) is 63.0 Å². The molecule has 1 unspecified atom stereocenters. The Kier molecular flexibility index (Phi) is 4.48. The summed E-state index contributed by atoms with van der Waals surface area (Å²) >= 11 is 0. The maximum absolute atomic E-state index is 12.5. The van der Waals surface area contributed by atoms with Gasteiger partial charge in [0.2, 0.25) is 17.7 Å². The first-order chi connectivity index (χ1) is 10.3. The predicted octanol–water partition coefficient (Wildman–Crippen LogP) is -0.955. The van der Waals surface area contributed by atoms with Crippen molar-refractivity contribution < 1.29 is 14.4 Å². The van der Waals surface area contributed by atoms with Crippen LogP contribution in [0, 0.1) is 13.8 Å². The molecule has 0 saturated carbocycles. The zero-order valence-electron chi connectivity index (χ0n) is 13.1. The van der Waals surface area contributed by atoms with E-state index < -0.39 is 11.9 Å². The van der Waals surface area contributed by atoms with Gasteiger partial charge in [0.15, 0.2) is 0 Å². The molecule has 0 spiro atoms. The molecule has 1 aliphatic heterocycles. The molecule has 0 bridgehead atoms. The van der Waals surface area contributed by atoms with Crippen molar-refractivity contribution in [2.45, 2.75) is 33.4 Å². The molecule has 1 saturated heterocycles. The molecule has 8 nitrogen and oxygen atoms in total. The van der Waals surface area contributed by atoms with Gasteiger partial charge >= 0.3 is 0 Å². The zero-order chi connectivity index (χ0) is 16.4. The first kappa shape index (κ1) is 16.0. The van der Waals surface area contributed by atoms with Gasteiger partial charge in [-0.15, -0.1) is 0 Å². The molecule has 2 rings (SSSR count). The molecular weight excluding hydrogens is 286 g/mol. The van der Waals surface area contributed by atoms with Crippen LogP contribution >= 0.6 is 0 Å². The third-order valence-electron chi connectivity index (χ3n) is 3.86. The minimum Gasteiger partial charge on any atom is -0.368 e. The number of amides is 3. The van der Waals surface area contributed by atoms with E-state index in [1.165, 1.54) is 16.7 Å². The number of carbonyl (C=O) groups is 3. The monoisotopic (exact) mass is 307 g/mol. The molecule has 2 heterocycles. The zero-order valence-corrected chi connectivity index (χ0v) is 13.1. The summed E-state index contributed by atoms with van der Waals surface area (Å²) in [6.45, 7) is 6.06. The van der Waals surface area contributed by atoms with Gasteiger partial charge in [-0.1, -0.05) is 0 Å². The van der Waals surface area contributed by atoms with Gasteiger partial charge in [0, 0.05) is 25.7 Å². The molecule has 2 N–H and O–H groups in total. The average Bonchev–Trinajstić information content (AvgIpc) is 2.75. The fraction of sp³-hybridized carbons (Fsp3) is 0.571. The average molecular weight is 307 g/mol. The van der Waals surface area contributed by atoms with Gasteiger partial charge in [-0.25, -0.2) is 0 Å². The molecule has 120 valence electrons. The number of hydrogen-bond donors (Lipinski definition) is 1. The van der Waals surface area contributed by atoms with E-state index in [4.69, 9.17) is 5.73 Å². The normalized spacial score (nSPS) is 18.4. The van der Waals surface area contributed by atoms with E-state index in [-0.39, 0.29) is 24.9 Å². The Morgan fingerprint density at radius 1 is 1.32 bits per heavy atom. The highest BCUT2D eigenvalue weighted by atomic mass is 16.2. The lowest BCUT2D eigenvalue weighted by Gasteiger charge is -2.39. The number of aromatic nitrogens is 2. The van der Waals surface area contributed by atoms with Crippen molar-refractivity contribution in [1.82, 2.24) is 19.6 Å². The topological polar surface area (TPSA) is 102 Å². The van der Waals surface area contributed by atoms with Crippen molar-refractivity contribution in [1.29, 1.82) is 0 Å². The maximum Gasteiger partial charge on any atom is 0.245 e. The van der Waals surface area contributed by atoms with Crippen molar-refractivity contribution in [3.63, 3.8) is 0 Å². The van der Waals surface area contributed by atoms with Crippen LogP contribution in [0.2, 0.25) is 0 Å². The van der Waals surface area contributed by atoms with Crippen molar-refractivity contribution >= 4 is 17.7 Å². The smallest absolute Gasteiger partial charge is 0.245 e. The van der Waals surface area contributed by atoms with Crippen LogP contribution in [0.5, 0.6) is 0 Å². The van der Waals surface area contributed by atoms with Crippen LogP contribution < -0.4 is 5.73 Å². The highest BCUT2D eigenvalue weighted by Gasteiger charge is 2.35. The minimum absolute atomic E-state index is 0.0591. The Balaban J connectivity index is 2.12. The number of piperazine rings is 1. The lowest BCUT2D eigenvalue weighted by Crippen LogP contribution is -2.61. The molecule has 1 aliphatic rings. The van der Waals surface area contributed by atoms with Crippen molar-refractivity contribution in [3.05, 3.63) is 17.5 Å². The number of rotatable bonds is 3. The minimum atomic E-state index is -0.790. The number of hydrogen-bond acceptors (Lipinski definition) is 4. The number of nitrogens with two attached hydrogens (primary N) is 1. The second kappa shape index (κ2) is 6.17. The summed E-state index contributed by atoms with van der Waals surface area (Å²) in [5.41, 5.74) is 7.10. The predicted molar refractivity (Wildman–Crippen MR) is 78.7 cm³/mol. The molecule has 0 aromatic carbocycles. The van der Waals surface area contributed by atoms with Gasteiger partial charge in [-0.3, -0.25) is 19.1 Å². The second-order valence-electron chi connectivity index (χ2n) is 5.56. The molecular formula is C14H21N5O3. The lowest BCUT2D eigenvalue weighted by molar-refractivity contribution is -0.147. The Morgan fingerprint density at radius 2 is 2.00 bits per heavy atom. The van der Waals surface area contributed by atoms with E-state index >= 15 is 0 Å². The van der Waals surface area contributed by atoms with Gasteiger partial charge in [0.25, 0.3) is 0 Å². The number of primary amides is 1. The van der Waals surface area contributed by atoms with E-state index in [2.05, 4.69) is 5.10 Å². The summed E-state index contributed by atoms with van der Waals surface area (Å²) in [5.74, 6) is -0.956. The van der Waals surface area contributed by atoms with Crippen LogP contribution in [0.3, 0.4) is 0 Å². The number of aryl methyl sites for hydroxylation is 2. The SMILES string of the molecule is CC(=O)N1CCN(C(=O)Cn2nc(C)cc2C)C(C(N)=O)C1. The summed E-state index contributed by atoms with van der Waals surface area (Å²) in [6, 6.07) is 1.09. The van der Waals surface area contributed by atoms with Crippen LogP contribution in [0.1, 0.15) is 18.3 Å². The lowest BCUT2D eigenvalue weighted by atomic mass is 10.1. The molecule has 1 aromatic heterocycles. The van der Waals surface area contributed by atoms with Crippen LogP contribution in [0.4, 0.5) is 0 Å². The Bertz CT molecular complexity index is 610. The third-order valence-corrected chi connectivity index (χ3v) is 3.86. The number of carbonyl (C=O) groups excluding carboxylic acids is 3. The van der Waals surface area contributed by atoms with E-state index in [1.807, 2.05) is 19.9 Å². The highest BCUT2D eigenvalue weighted by Crippen LogP contribution is 2.12. The van der Waals surface area contributed by atoms with Gasteiger partial charge in [-0.05, 0) is 19.9 Å². The molecule has 3 amide bonds. The molecule has 1 atom stereocenters. The highest BCUT2D eigenvalue weighted by molar-refractivity contribution is 5.88. The standard InChI is InChI=1S/C14H21N5O3/c1-9-6-10(2)19(16-9)8-13(21)18-5-4-17(11(3)20)7-12(18)14(15)22/h6,12H,4-5,7-8H2,1-3H3,(H2,15,22). The Labute approximate surface area is 128 Å². The summed E-state index contributed by atoms with van der Waals surface area (Å²) in [6.07, 6.45) is 0. The molecule has 22 heavy (non-hydrogen) atoms. The second-order valence-corrected chi connectivity index (χ2v) is 5.56. The summed E-state index contributed by atoms with van der Waals surface area (Å²) in [4.78, 5) is 38.5. The van der Waals surface area contributed by atoms with Crippen LogP contribution in [-0.2, 0) is 20.9 Å². The maximum atomic E-state index is 12.5. The van der Waals surface area contributed by atoms with Crippen molar-refractivity contribution in [3.8, 4) is 0 Å². The summed E-state index contributed by atoms with van der Waals surface area (Å²) in [5, 5.41) is 4.25. The largest absolute Gasteiger partial charge is 0.368 e. The third kappa shape index (κ3) is 3.26. The molecule has 8 heteroatoms. The summed E-state index contributed by atoms with van der Waals surface area (Å²) < 4.78 is 1.60. The van der Waals surface area contributed by atoms with Gasteiger partial charge in [0.05, 0.1) is 12.2 Å². The fourth-order valence-electron chi connectivity index (χ4n) is 2.66. The summed E-state index contributed by atoms with van der Waals surface area (Å²) in [7, 11) is 0. The van der Waals surface area contributed by atoms with Gasteiger partial charge < -0.3 is 15.5 Å². The van der Waals surface area contributed by atoms with Gasteiger partial charge in [0.1, 0.15) is 12.6 Å². The van der Waals surface area contributed by atoms with E-state index in [0.717, 1.165) is 11.4 Å². The Hall–Kier alpha value is -2.38.